The van der Waals surface area contributed by atoms with Gasteiger partial charge in [-0.05, 0) is 73.2 Å². The molecule has 0 unspecified atom stereocenters. The maximum Gasteiger partial charge on any atom is 0.416 e. The predicted octanol–water partition coefficient (Wildman–Crippen LogP) is 4.91. The molecule has 0 radical (unpaired) electrons. The molecule has 4 aromatic carbocycles. The van der Waals surface area contributed by atoms with Gasteiger partial charge in [0.2, 0.25) is 0 Å². The van der Waals surface area contributed by atoms with E-state index in [1.165, 1.54) is 19.3 Å². The summed E-state index contributed by atoms with van der Waals surface area (Å²) in [4.78, 5) is 0. The van der Waals surface area contributed by atoms with Crippen LogP contribution in [0.3, 0.4) is 0 Å². The largest absolute Gasteiger partial charge is 1.00 e. The molecule has 0 saturated heterocycles. The summed E-state index contributed by atoms with van der Waals surface area (Å²) in [6.45, 7) is 2.70. The smallest absolute Gasteiger partial charge is 0.416 e. The van der Waals surface area contributed by atoms with Gasteiger partial charge in [-0.3, -0.25) is 11.7 Å². The first-order chi connectivity index (χ1) is 21.1. The zero-order valence-corrected chi connectivity index (χ0v) is 27.4. The minimum atomic E-state index is -4.96. The van der Waals surface area contributed by atoms with Gasteiger partial charge in [0, 0.05) is 0 Å². The number of ether oxygens (including phenoxy) is 1. The molecule has 244 valence electrons. The van der Waals surface area contributed by atoms with Gasteiger partial charge in [0.15, 0.2) is 0 Å². The van der Waals surface area contributed by atoms with E-state index < -0.39 is 30.7 Å². The molecule has 0 amide bonds. The standard InChI is InChI=1S/C34H34F6OP.BrH.H4N2/c1-2-3-4-5-6-13-22-41-28-18-20-31(21-19-28)42(29-14-9-7-10-15-29,30-16-11-8-12-17-30)32-24-26(33(35,36)37)23-27(25-32)34(38,39)40;;1-2/h7-12,14-21,23-25H,2-6,13,22H2,1H3;1H;1-2H2/q+1;;/p-1. The fraction of sp³-hybridized carbons (Fsp3) is 0.294. The molecule has 3 nitrogen and oxygen atoms in total. The van der Waals surface area contributed by atoms with E-state index in [1.54, 1.807) is 84.9 Å². The van der Waals surface area contributed by atoms with Crippen LogP contribution in [-0.4, -0.2) is 6.61 Å². The van der Waals surface area contributed by atoms with Crippen molar-refractivity contribution in [2.75, 3.05) is 6.61 Å². The Hall–Kier alpha value is -2.91. The molecule has 0 aromatic heterocycles. The molecule has 45 heavy (non-hydrogen) atoms. The molecule has 0 bridgehead atoms. The zero-order chi connectivity index (χ0) is 32.2. The molecule has 0 saturated carbocycles. The highest BCUT2D eigenvalue weighted by Crippen LogP contribution is 2.55. The van der Waals surface area contributed by atoms with Gasteiger partial charge in [-0.2, -0.15) is 26.3 Å². The van der Waals surface area contributed by atoms with E-state index in [4.69, 9.17) is 4.74 Å². The molecule has 4 N–H and O–H groups in total. The number of rotatable bonds is 12. The van der Waals surface area contributed by atoms with Crippen LogP contribution in [0.4, 0.5) is 26.3 Å². The van der Waals surface area contributed by atoms with Gasteiger partial charge in [0.25, 0.3) is 0 Å². The van der Waals surface area contributed by atoms with Gasteiger partial charge in [-0.1, -0.05) is 75.4 Å². The normalized spacial score (nSPS) is 11.7. The number of halogens is 7. The van der Waals surface area contributed by atoms with Crippen LogP contribution >= 0.6 is 7.26 Å². The first-order valence-corrected chi connectivity index (χ1v) is 16.2. The van der Waals surface area contributed by atoms with Crippen molar-refractivity contribution < 1.29 is 48.1 Å². The van der Waals surface area contributed by atoms with Crippen LogP contribution in [0.25, 0.3) is 0 Å². The van der Waals surface area contributed by atoms with E-state index in [-0.39, 0.29) is 28.4 Å². The molecule has 0 fully saturated rings. The average Bonchev–Trinajstić information content (AvgIpc) is 3.03. The van der Waals surface area contributed by atoms with Crippen molar-refractivity contribution in [1.29, 1.82) is 0 Å². The van der Waals surface area contributed by atoms with Gasteiger partial charge in [0.1, 0.15) is 34.2 Å². The van der Waals surface area contributed by atoms with Gasteiger partial charge >= 0.3 is 12.4 Å². The van der Waals surface area contributed by atoms with Gasteiger partial charge in [-0.25, -0.2) is 0 Å². The Balaban J connectivity index is 0.00000230. The fourth-order valence-electron chi connectivity index (χ4n) is 5.17. The second kappa shape index (κ2) is 17.7. The molecule has 4 rings (SSSR count). The lowest BCUT2D eigenvalue weighted by Gasteiger charge is -2.29. The van der Waals surface area contributed by atoms with Crippen molar-refractivity contribution in [3.63, 3.8) is 0 Å². The Morgan fingerprint density at radius 2 is 0.978 bits per heavy atom. The summed E-state index contributed by atoms with van der Waals surface area (Å²) in [7, 11) is -3.22. The molecular formula is C34H38BrF6N2OP. The lowest BCUT2D eigenvalue weighted by Crippen LogP contribution is -3.00. The minimum Gasteiger partial charge on any atom is -1.00 e. The summed E-state index contributed by atoms with van der Waals surface area (Å²) < 4.78 is 90.2. The lowest BCUT2D eigenvalue weighted by atomic mass is 10.1. The van der Waals surface area contributed by atoms with Crippen LogP contribution in [-0.2, 0) is 12.4 Å². The molecule has 0 aliphatic heterocycles. The van der Waals surface area contributed by atoms with Crippen molar-refractivity contribution in [3.05, 3.63) is 114 Å². The average molecular weight is 716 g/mol. The Kier molecular flexibility index (Phi) is 15.1. The highest BCUT2D eigenvalue weighted by atomic mass is 79.9. The van der Waals surface area contributed by atoms with E-state index in [0.717, 1.165) is 31.4 Å². The fourth-order valence-corrected chi connectivity index (χ4v) is 9.46. The number of hydrogen-bond acceptors (Lipinski definition) is 3. The molecule has 11 heteroatoms. The SMILES string of the molecule is CCCCCCCCOc1ccc([P+](c2ccccc2)(c2ccccc2)c2cc(C(F)(F)F)cc(C(F)(F)F)c2)cc1.NN.[Br-]. The van der Waals surface area contributed by atoms with Crippen molar-refractivity contribution in [2.45, 2.75) is 57.8 Å². The molecule has 4 aromatic rings. The highest BCUT2D eigenvalue weighted by molar-refractivity contribution is 8.01. The van der Waals surface area contributed by atoms with Crippen molar-refractivity contribution in [3.8, 4) is 5.75 Å². The summed E-state index contributed by atoms with van der Waals surface area (Å²) in [6, 6.07) is 26.7. The van der Waals surface area contributed by atoms with E-state index >= 15 is 0 Å². The zero-order valence-electron chi connectivity index (χ0n) is 24.9. The third-order valence-electron chi connectivity index (χ3n) is 7.24. The number of benzene rings is 4. The monoisotopic (exact) mass is 714 g/mol. The Morgan fingerprint density at radius 1 is 0.556 bits per heavy atom. The topological polar surface area (TPSA) is 61.3 Å². The lowest BCUT2D eigenvalue weighted by molar-refractivity contribution is -0.142. The van der Waals surface area contributed by atoms with E-state index in [0.29, 0.717) is 28.3 Å². The number of unbranched alkanes of at least 4 members (excludes halogenated alkanes) is 5. The summed E-state index contributed by atoms with van der Waals surface area (Å²) in [6.07, 6.45) is -3.23. The van der Waals surface area contributed by atoms with Crippen LogP contribution in [0, 0.1) is 0 Å². The van der Waals surface area contributed by atoms with Crippen LogP contribution in [0.1, 0.15) is 56.6 Å². The molecule has 0 aliphatic carbocycles. The number of hydrazine groups is 1. The highest BCUT2D eigenvalue weighted by Gasteiger charge is 2.50. The minimum absolute atomic E-state index is 0. The first kappa shape index (κ1) is 38.3. The molecule has 0 spiro atoms. The second-order valence-corrected chi connectivity index (χ2v) is 13.6. The predicted molar refractivity (Wildman–Crippen MR) is 168 cm³/mol. The summed E-state index contributed by atoms with van der Waals surface area (Å²) in [5.41, 5.74) is -2.66. The summed E-state index contributed by atoms with van der Waals surface area (Å²) in [5, 5.41) is 1.89. The van der Waals surface area contributed by atoms with Gasteiger partial charge < -0.3 is 21.7 Å². The van der Waals surface area contributed by atoms with Crippen molar-refractivity contribution in [2.24, 2.45) is 11.7 Å². The van der Waals surface area contributed by atoms with Crippen LogP contribution < -0.4 is 54.6 Å². The maximum atomic E-state index is 14.0. The molecule has 0 aliphatic rings. The van der Waals surface area contributed by atoms with Gasteiger partial charge in [-0.15, -0.1) is 0 Å². The third kappa shape index (κ3) is 9.79. The Morgan fingerprint density at radius 3 is 1.42 bits per heavy atom. The maximum absolute atomic E-state index is 14.0. The Labute approximate surface area is 272 Å². The number of alkyl halides is 6. The number of nitrogens with two attached hydrogens (primary N) is 2. The van der Waals surface area contributed by atoms with E-state index in [1.807, 2.05) is 0 Å². The molecular weight excluding hydrogens is 677 g/mol. The summed E-state index contributed by atoms with van der Waals surface area (Å²) >= 11 is 0. The third-order valence-corrected chi connectivity index (χ3v) is 11.5. The van der Waals surface area contributed by atoms with Crippen LogP contribution in [0.5, 0.6) is 5.75 Å². The molecule has 0 heterocycles. The van der Waals surface area contributed by atoms with Crippen LogP contribution in [0.15, 0.2) is 103 Å². The second-order valence-electron chi connectivity index (χ2n) is 10.2. The van der Waals surface area contributed by atoms with E-state index in [9.17, 15) is 26.3 Å². The number of hydrogen-bond donors (Lipinski definition) is 2. The van der Waals surface area contributed by atoms with Crippen molar-refractivity contribution in [1.82, 2.24) is 0 Å². The van der Waals surface area contributed by atoms with Crippen molar-refractivity contribution >= 4 is 28.5 Å². The van der Waals surface area contributed by atoms with E-state index in [2.05, 4.69) is 18.6 Å². The van der Waals surface area contributed by atoms with Gasteiger partial charge in [0.05, 0.1) is 17.7 Å². The summed E-state index contributed by atoms with van der Waals surface area (Å²) in [5.74, 6) is 8.60. The molecule has 0 atom stereocenters. The van der Waals surface area contributed by atoms with Crippen LogP contribution in [0.2, 0.25) is 0 Å². The first-order valence-electron chi connectivity index (χ1n) is 14.4. The quantitative estimate of drug-likeness (QED) is 0.0722. The Bertz CT molecular complexity index is 1350.